The largest absolute Gasteiger partial charge is 0.469 e. The van der Waals surface area contributed by atoms with Crippen molar-refractivity contribution in [3.63, 3.8) is 0 Å². The number of hydrogen-bond donors (Lipinski definition) is 0. The van der Waals surface area contributed by atoms with Crippen LogP contribution in [-0.4, -0.2) is 46.8 Å². The van der Waals surface area contributed by atoms with Crippen molar-refractivity contribution < 1.29 is 19.1 Å². The van der Waals surface area contributed by atoms with Crippen LogP contribution in [0.3, 0.4) is 0 Å². The molecule has 102 valence electrons. The summed E-state index contributed by atoms with van der Waals surface area (Å²) in [7, 11) is 1.34. The van der Waals surface area contributed by atoms with Crippen molar-refractivity contribution in [1.29, 1.82) is 0 Å². The highest BCUT2D eigenvalue weighted by molar-refractivity contribution is 8.01. The van der Waals surface area contributed by atoms with Crippen LogP contribution in [0.1, 0.15) is 33.1 Å². The van der Waals surface area contributed by atoms with Crippen LogP contribution in [-0.2, 0) is 19.1 Å². The van der Waals surface area contributed by atoms with Gasteiger partial charge in [0.2, 0.25) is 11.8 Å². The first kappa shape index (κ1) is 15.0. The Labute approximate surface area is 111 Å². The van der Waals surface area contributed by atoms with Crippen molar-refractivity contribution in [1.82, 2.24) is 4.90 Å². The summed E-state index contributed by atoms with van der Waals surface area (Å²) in [5.41, 5.74) is 0. The second-order valence-corrected chi connectivity index (χ2v) is 5.95. The van der Waals surface area contributed by atoms with E-state index in [1.54, 1.807) is 0 Å². The number of carbonyl (C=O) groups is 3. The maximum Gasteiger partial charge on any atom is 0.306 e. The number of nitrogens with zero attached hydrogens (tertiary/aromatic N) is 1. The number of hydrogen-bond acceptors (Lipinski definition) is 5. The lowest BCUT2D eigenvalue weighted by Gasteiger charge is -2.15. The summed E-state index contributed by atoms with van der Waals surface area (Å²) in [4.78, 5) is 36.0. The zero-order chi connectivity index (χ0) is 13.7. The molecule has 0 aromatic rings. The predicted molar refractivity (Wildman–Crippen MR) is 69.1 cm³/mol. The normalized spacial score (nSPS) is 21.3. The van der Waals surface area contributed by atoms with Crippen molar-refractivity contribution in [2.75, 3.05) is 13.7 Å². The smallest absolute Gasteiger partial charge is 0.306 e. The van der Waals surface area contributed by atoms with Gasteiger partial charge in [-0.1, -0.05) is 13.8 Å². The number of carbonyl (C=O) groups excluding carboxylic acids is 3. The Morgan fingerprint density at radius 3 is 2.78 bits per heavy atom. The minimum Gasteiger partial charge on any atom is -0.469 e. The molecule has 6 heteroatoms. The molecule has 0 saturated carbocycles. The number of ether oxygens (including phenoxy) is 1. The maximum absolute atomic E-state index is 12.0. The molecule has 1 rings (SSSR count). The monoisotopic (exact) mass is 273 g/mol. The number of amides is 2. The molecule has 1 aliphatic heterocycles. The molecule has 0 aliphatic carbocycles. The fourth-order valence-electron chi connectivity index (χ4n) is 1.86. The van der Waals surface area contributed by atoms with Crippen molar-refractivity contribution in [3.05, 3.63) is 0 Å². The number of likely N-dealkylation sites (tertiary alicyclic amines) is 1. The number of imide groups is 1. The number of methoxy groups -OCH3 is 1. The molecule has 0 spiro atoms. The predicted octanol–water partition coefficient (Wildman–Crippen LogP) is 1.21. The standard InChI is InChI=1S/C12H19NO4S/c1-4-5-13-10(14)7-9(12(13)16)18-8(2)6-11(15)17-3/h8-9H,4-7H2,1-3H3. The van der Waals surface area contributed by atoms with Crippen molar-refractivity contribution in [3.8, 4) is 0 Å². The van der Waals surface area contributed by atoms with E-state index in [0.29, 0.717) is 6.54 Å². The highest BCUT2D eigenvalue weighted by atomic mass is 32.2. The van der Waals surface area contributed by atoms with Crippen LogP contribution in [0.15, 0.2) is 0 Å². The van der Waals surface area contributed by atoms with Gasteiger partial charge in [-0.3, -0.25) is 19.3 Å². The Morgan fingerprint density at radius 2 is 2.22 bits per heavy atom. The van der Waals surface area contributed by atoms with Gasteiger partial charge in [0.25, 0.3) is 0 Å². The van der Waals surface area contributed by atoms with Crippen LogP contribution >= 0.6 is 11.8 Å². The molecule has 2 amide bonds. The van der Waals surface area contributed by atoms with E-state index >= 15 is 0 Å². The summed E-state index contributed by atoms with van der Waals surface area (Å²) < 4.78 is 4.58. The molecule has 1 aliphatic rings. The molecule has 0 bridgehead atoms. The van der Waals surface area contributed by atoms with E-state index in [-0.39, 0.29) is 41.1 Å². The van der Waals surface area contributed by atoms with Gasteiger partial charge < -0.3 is 4.74 Å². The third kappa shape index (κ3) is 3.73. The average molecular weight is 273 g/mol. The molecule has 0 N–H and O–H groups in total. The lowest BCUT2D eigenvalue weighted by atomic mass is 10.3. The van der Waals surface area contributed by atoms with Crippen LogP contribution in [0, 0.1) is 0 Å². The molecule has 1 fully saturated rings. The van der Waals surface area contributed by atoms with Crippen molar-refractivity contribution >= 4 is 29.5 Å². The second kappa shape index (κ2) is 6.78. The van der Waals surface area contributed by atoms with Gasteiger partial charge in [-0.25, -0.2) is 0 Å². The highest BCUT2D eigenvalue weighted by Gasteiger charge is 2.39. The Bertz CT molecular complexity index is 345. The van der Waals surface area contributed by atoms with Crippen LogP contribution in [0.4, 0.5) is 0 Å². The minimum absolute atomic E-state index is 0.0271. The molecular formula is C12H19NO4S. The van der Waals surface area contributed by atoms with Crippen LogP contribution in [0.25, 0.3) is 0 Å². The number of rotatable bonds is 6. The number of thioether (sulfide) groups is 1. The van der Waals surface area contributed by atoms with E-state index in [2.05, 4.69) is 4.74 Å². The molecule has 0 radical (unpaired) electrons. The first-order chi connectivity index (χ1) is 8.49. The third-order valence-corrected chi connectivity index (χ3v) is 4.06. The Kier molecular flexibility index (Phi) is 5.65. The lowest BCUT2D eigenvalue weighted by molar-refractivity contribution is -0.141. The Morgan fingerprint density at radius 1 is 1.56 bits per heavy atom. The molecule has 0 aromatic carbocycles. The summed E-state index contributed by atoms with van der Waals surface area (Å²) in [6.45, 7) is 4.28. The van der Waals surface area contributed by atoms with Crippen LogP contribution < -0.4 is 0 Å². The fourth-order valence-corrected chi connectivity index (χ4v) is 3.14. The summed E-state index contributed by atoms with van der Waals surface area (Å²) in [5, 5.41) is -0.371. The van der Waals surface area contributed by atoms with Gasteiger partial charge in [0.05, 0.1) is 18.8 Å². The molecule has 0 aromatic heterocycles. The average Bonchev–Trinajstić information content (AvgIpc) is 2.57. The SMILES string of the molecule is CCCN1C(=O)CC(SC(C)CC(=O)OC)C1=O. The summed E-state index contributed by atoms with van der Waals surface area (Å²) >= 11 is 1.38. The fraction of sp³-hybridized carbons (Fsp3) is 0.750. The topological polar surface area (TPSA) is 63.7 Å². The third-order valence-electron chi connectivity index (χ3n) is 2.73. The molecule has 2 unspecified atom stereocenters. The summed E-state index contributed by atoms with van der Waals surface area (Å²) in [6, 6.07) is 0. The second-order valence-electron chi connectivity index (χ2n) is 4.30. The van der Waals surface area contributed by atoms with Gasteiger partial charge in [0.1, 0.15) is 0 Å². The van der Waals surface area contributed by atoms with Crippen molar-refractivity contribution in [2.24, 2.45) is 0 Å². The first-order valence-corrected chi connectivity index (χ1v) is 7.00. The van der Waals surface area contributed by atoms with E-state index in [9.17, 15) is 14.4 Å². The van der Waals surface area contributed by atoms with Crippen LogP contribution in [0.5, 0.6) is 0 Å². The Balaban J connectivity index is 2.51. The minimum atomic E-state index is -0.344. The molecular weight excluding hydrogens is 254 g/mol. The van der Waals surface area contributed by atoms with Gasteiger partial charge in [-0.2, -0.15) is 0 Å². The van der Waals surface area contributed by atoms with Gasteiger partial charge in [0.15, 0.2) is 0 Å². The molecule has 2 atom stereocenters. The molecule has 5 nitrogen and oxygen atoms in total. The van der Waals surface area contributed by atoms with E-state index in [0.717, 1.165) is 6.42 Å². The molecule has 1 saturated heterocycles. The highest BCUT2D eigenvalue weighted by Crippen LogP contribution is 2.29. The number of esters is 1. The van der Waals surface area contributed by atoms with E-state index in [1.807, 2.05) is 13.8 Å². The Hall–Kier alpha value is -1.04. The van der Waals surface area contributed by atoms with Crippen LogP contribution in [0.2, 0.25) is 0 Å². The summed E-state index contributed by atoms with van der Waals surface area (Å²) in [6.07, 6.45) is 1.27. The van der Waals surface area contributed by atoms with E-state index < -0.39 is 0 Å². The van der Waals surface area contributed by atoms with Gasteiger partial charge in [-0.05, 0) is 6.42 Å². The first-order valence-electron chi connectivity index (χ1n) is 6.06. The zero-order valence-corrected chi connectivity index (χ0v) is 11.8. The lowest BCUT2D eigenvalue weighted by Crippen LogP contribution is -2.32. The van der Waals surface area contributed by atoms with Gasteiger partial charge in [0, 0.05) is 18.2 Å². The molecule has 1 heterocycles. The summed E-state index contributed by atoms with van der Waals surface area (Å²) in [5.74, 6) is -0.523. The molecule has 18 heavy (non-hydrogen) atoms. The quantitative estimate of drug-likeness (QED) is 0.537. The maximum atomic E-state index is 12.0. The zero-order valence-electron chi connectivity index (χ0n) is 11.0. The van der Waals surface area contributed by atoms with E-state index in [1.165, 1.54) is 23.8 Å². The van der Waals surface area contributed by atoms with Crippen molar-refractivity contribution in [2.45, 2.75) is 43.6 Å². The van der Waals surface area contributed by atoms with E-state index in [4.69, 9.17) is 0 Å². The van der Waals surface area contributed by atoms with Gasteiger partial charge >= 0.3 is 5.97 Å². The van der Waals surface area contributed by atoms with Gasteiger partial charge in [-0.15, -0.1) is 11.8 Å².